The molecule has 0 amide bonds. The summed E-state index contributed by atoms with van der Waals surface area (Å²) in [6, 6.07) is 0. The topological polar surface area (TPSA) is 438 Å². The van der Waals surface area contributed by atoms with E-state index in [0.29, 0.717) is 0 Å². The molecule has 0 aromatic rings. The van der Waals surface area contributed by atoms with Crippen LogP contribution < -0.4 is 0 Å². The van der Waals surface area contributed by atoms with Gasteiger partial charge in [-0.3, -0.25) is 0 Å². The summed E-state index contributed by atoms with van der Waals surface area (Å²) in [4.78, 5) is 0. The van der Waals surface area contributed by atoms with Gasteiger partial charge >= 0.3 is 0 Å². The van der Waals surface area contributed by atoms with Crippen LogP contribution in [-0.2, 0) is 37.9 Å². The van der Waals surface area contributed by atoms with Crippen molar-refractivity contribution in [3.63, 3.8) is 0 Å². The lowest BCUT2D eigenvalue weighted by Crippen LogP contribution is -2.66. The van der Waals surface area contributed by atoms with Crippen molar-refractivity contribution in [3.05, 3.63) is 0 Å². The van der Waals surface area contributed by atoms with Crippen LogP contribution in [0.3, 0.4) is 0 Å². The van der Waals surface area contributed by atoms with Crippen molar-refractivity contribution >= 4 is 0 Å². The van der Waals surface area contributed by atoms with Crippen molar-refractivity contribution in [1.82, 2.24) is 0 Å². The van der Waals surface area contributed by atoms with Gasteiger partial charge in [0, 0.05) is 0 Å². The Bertz CT molecular complexity index is 1160. The molecule has 4 aliphatic heterocycles. The van der Waals surface area contributed by atoms with Gasteiger partial charge in [0.25, 0.3) is 0 Å². The molecular formula is C30H54O26. The second-order valence-corrected chi connectivity index (χ2v) is 13.7. The molecule has 4 rings (SSSR count). The van der Waals surface area contributed by atoms with Gasteiger partial charge in [0.15, 0.2) is 25.2 Å². The van der Waals surface area contributed by atoms with Gasteiger partial charge in [0.1, 0.15) is 122 Å². The van der Waals surface area contributed by atoms with Gasteiger partial charge in [0.05, 0.1) is 39.6 Å². The first-order valence-corrected chi connectivity index (χ1v) is 17.5. The molecule has 4 aliphatic rings. The van der Waals surface area contributed by atoms with Gasteiger partial charge in [-0.2, -0.15) is 0 Å². The molecule has 18 N–H and O–H groups in total. The molecule has 0 aromatic carbocycles. The van der Waals surface area contributed by atoms with Crippen LogP contribution in [0.4, 0.5) is 0 Å². The van der Waals surface area contributed by atoms with Crippen molar-refractivity contribution in [2.24, 2.45) is 0 Å². The molecule has 330 valence electrons. The van der Waals surface area contributed by atoms with Crippen LogP contribution in [0.1, 0.15) is 0 Å². The van der Waals surface area contributed by atoms with Crippen molar-refractivity contribution in [2.45, 2.75) is 147 Å². The third kappa shape index (κ3) is 10.1. The summed E-state index contributed by atoms with van der Waals surface area (Å²) < 4.78 is 43.4. The molecule has 0 unspecified atom stereocenters. The molecular weight excluding hydrogens is 776 g/mol. The van der Waals surface area contributed by atoms with Crippen molar-refractivity contribution in [2.75, 3.05) is 39.6 Å². The first-order valence-electron chi connectivity index (χ1n) is 17.5. The van der Waals surface area contributed by atoms with Crippen molar-refractivity contribution < 1.29 is 130 Å². The van der Waals surface area contributed by atoms with Gasteiger partial charge in [-0.15, -0.1) is 0 Å². The minimum atomic E-state index is -2.27. The Morgan fingerprint density at radius 1 is 0.393 bits per heavy atom. The lowest BCUT2D eigenvalue weighted by molar-refractivity contribution is -0.374. The van der Waals surface area contributed by atoms with Crippen LogP contribution in [0, 0.1) is 0 Å². The molecule has 0 aliphatic carbocycles. The lowest BCUT2D eigenvalue weighted by Gasteiger charge is -2.47. The van der Waals surface area contributed by atoms with Gasteiger partial charge < -0.3 is 130 Å². The molecule has 4 fully saturated rings. The minimum Gasteiger partial charge on any atom is -0.394 e. The van der Waals surface area contributed by atoms with E-state index in [1.165, 1.54) is 0 Å². The van der Waals surface area contributed by atoms with E-state index in [0.717, 1.165) is 0 Å². The Morgan fingerprint density at radius 3 is 1.27 bits per heavy atom. The molecule has 26 heteroatoms. The molecule has 0 spiro atoms. The quantitative estimate of drug-likeness (QED) is 0.0647. The Labute approximate surface area is 317 Å². The highest BCUT2D eigenvalue weighted by atomic mass is 16.8. The molecule has 0 aromatic heterocycles. The molecule has 4 saturated heterocycles. The first-order chi connectivity index (χ1) is 26.5. The summed E-state index contributed by atoms with van der Waals surface area (Å²) in [7, 11) is 0. The summed E-state index contributed by atoms with van der Waals surface area (Å²) in [5.74, 6) is 0. The second kappa shape index (κ2) is 21.0. The van der Waals surface area contributed by atoms with Crippen molar-refractivity contribution in [3.8, 4) is 0 Å². The third-order valence-electron chi connectivity index (χ3n) is 9.99. The maximum atomic E-state index is 11.3. The van der Waals surface area contributed by atoms with Crippen LogP contribution in [-0.4, -0.2) is 279 Å². The molecule has 0 saturated carbocycles. The summed E-state index contributed by atoms with van der Waals surface area (Å²) >= 11 is 0. The summed E-state index contributed by atoms with van der Waals surface area (Å²) in [6.07, 6.45) is -45.9. The fraction of sp³-hybridized carbons (Fsp3) is 1.00. The Balaban J connectivity index is 1.48. The highest BCUT2D eigenvalue weighted by molar-refractivity contribution is 4.97. The SMILES string of the molecule is OC[C@H](O)[C@@H](O[C@@H]1O[C@H](CO)[C@@H](O[C@@H]2O[C@H](CO)[C@H](O)[C@H](O)[C@H]2O)[C@H](O)[C@H]1O)[C@@H](O)[C@@H](CO)O[C@@H]1O[C@H](CO)[C@@H](O)[C@H](O[C@H]2O[C@H](CO)[C@@H](O)[C@H](O)[C@H]2O)[C@H]1O. The van der Waals surface area contributed by atoms with Crippen LogP contribution in [0.5, 0.6) is 0 Å². The number of rotatable bonds is 17. The summed E-state index contributed by atoms with van der Waals surface area (Å²) in [5.41, 5.74) is 0. The molecule has 0 bridgehead atoms. The van der Waals surface area contributed by atoms with E-state index in [9.17, 15) is 91.9 Å². The maximum Gasteiger partial charge on any atom is 0.187 e. The molecule has 4 heterocycles. The van der Waals surface area contributed by atoms with Crippen LogP contribution in [0.2, 0.25) is 0 Å². The number of aliphatic hydroxyl groups excluding tert-OH is 18. The number of hydrogen-bond donors (Lipinski definition) is 18. The predicted octanol–water partition coefficient (Wildman–Crippen LogP) is -12.3. The monoisotopic (exact) mass is 830 g/mol. The molecule has 26 nitrogen and oxygen atoms in total. The fourth-order valence-corrected chi connectivity index (χ4v) is 6.60. The highest BCUT2D eigenvalue weighted by Gasteiger charge is 2.54. The van der Waals surface area contributed by atoms with E-state index < -0.39 is 187 Å². The van der Waals surface area contributed by atoms with Crippen LogP contribution in [0.25, 0.3) is 0 Å². The fourth-order valence-electron chi connectivity index (χ4n) is 6.60. The van der Waals surface area contributed by atoms with E-state index in [1.54, 1.807) is 0 Å². The number of aliphatic hydroxyl groups is 18. The predicted molar refractivity (Wildman–Crippen MR) is 169 cm³/mol. The third-order valence-corrected chi connectivity index (χ3v) is 9.99. The zero-order valence-electron chi connectivity index (χ0n) is 29.4. The lowest BCUT2D eigenvalue weighted by atomic mass is 9.96. The Morgan fingerprint density at radius 2 is 0.804 bits per heavy atom. The number of hydrogen-bond acceptors (Lipinski definition) is 26. The average molecular weight is 831 g/mol. The van der Waals surface area contributed by atoms with Crippen LogP contribution in [0.15, 0.2) is 0 Å². The molecule has 56 heavy (non-hydrogen) atoms. The summed E-state index contributed by atoms with van der Waals surface area (Å²) in [5, 5.41) is 185. The molecule has 24 atom stereocenters. The van der Waals surface area contributed by atoms with Gasteiger partial charge in [0.2, 0.25) is 0 Å². The first kappa shape index (κ1) is 47.6. The van der Waals surface area contributed by atoms with Crippen LogP contribution >= 0.6 is 0 Å². The zero-order chi connectivity index (χ0) is 41.8. The van der Waals surface area contributed by atoms with Gasteiger partial charge in [-0.05, 0) is 0 Å². The van der Waals surface area contributed by atoms with Gasteiger partial charge in [-0.1, -0.05) is 0 Å². The van der Waals surface area contributed by atoms with Gasteiger partial charge in [-0.25, -0.2) is 0 Å². The molecule has 0 radical (unpaired) electrons. The van der Waals surface area contributed by atoms with Crippen molar-refractivity contribution in [1.29, 1.82) is 0 Å². The van der Waals surface area contributed by atoms with E-state index in [4.69, 9.17) is 37.9 Å². The minimum absolute atomic E-state index is 0.835. The highest BCUT2D eigenvalue weighted by Crippen LogP contribution is 2.33. The smallest absolute Gasteiger partial charge is 0.187 e. The average Bonchev–Trinajstić information content (AvgIpc) is 3.19. The summed E-state index contributed by atoms with van der Waals surface area (Å²) in [6.45, 7) is -5.98. The largest absolute Gasteiger partial charge is 0.394 e. The number of ether oxygens (including phenoxy) is 8. The second-order valence-electron chi connectivity index (χ2n) is 13.7. The normalized spacial score (nSPS) is 47.2. The maximum absolute atomic E-state index is 11.3. The Hall–Kier alpha value is -1.04. The Kier molecular flexibility index (Phi) is 17.8. The van der Waals surface area contributed by atoms with E-state index in [1.807, 2.05) is 0 Å². The van der Waals surface area contributed by atoms with E-state index in [2.05, 4.69) is 0 Å². The van der Waals surface area contributed by atoms with E-state index in [-0.39, 0.29) is 0 Å². The standard InChI is InChI=1S/C30H54O26/c31-1-7(37)24(54-29-22(47)19(44)25(12(6-36)53-29)55-27-20(45)17(42)13(38)8(2-32)49-27)15(40)10(4-34)51-30-23(48)26(16(41)11(5-35)52-30)56-28-21(46)18(43)14(39)9(3-33)50-28/h7-48H,1-6H2/t7-,8+,9+,10+,11+,12+,13-,14+,15-,16+,17-,18-,19+,20+,21+,22+,23+,24+,25+,26-,27-,28+,29-,30+/m0/s1. The van der Waals surface area contributed by atoms with E-state index >= 15 is 0 Å². The zero-order valence-corrected chi connectivity index (χ0v) is 29.4.